The van der Waals surface area contributed by atoms with Crippen molar-refractivity contribution in [3.8, 4) is 0 Å². The fourth-order valence-electron chi connectivity index (χ4n) is 5.93. The maximum atomic E-state index is 2.88. The van der Waals surface area contributed by atoms with Gasteiger partial charge in [0.1, 0.15) is 0 Å². The first-order chi connectivity index (χ1) is 13.9. The van der Waals surface area contributed by atoms with Crippen LogP contribution in [0.5, 0.6) is 0 Å². The van der Waals surface area contributed by atoms with Crippen molar-refractivity contribution in [3.63, 3.8) is 0 Å². The van der Waals surface area contributed by atoms with Gasteiger partial charge in [-0.25, -0.2) is 0 Å². The topological polar surface area (TPSA) is 0 Å². The van der Waals surface area contributed by atoms with Gasteiger partial charge in [-0.3, -0.25) is 0 Å². The Labute approximate surface area is 218 Å². The van der Waals surface area contributed by atoms with Crippen LogP contribution in [0.25, 0.3) is 0 Å². The van der Waals surface area contributed by atoms with Crippen LogP contribution in [0.3, 0.4) is 0 Å². The molecule has 0 aromatic carbocycles. The van der Waals surface area contributed by atoms with Gasteiger partial charge in [0, 0.05) is 0 Å². The normalized spacial score (nSPS) is 31.5. The van der Waals surface area contributed by atoms with E-state index in [4.69, 9.17) is 0 Å². The largest absolute Gasteiger partial charge is 1.00 e. The first-order valence-corrected chi connectivity index (χ1v) is 20.8. The van der Waals surface area contributed by atoms with Gasteiger partial charge in [0.25, 0.3) is 0 Å². The van der Waals surface area contributed by atoms with Gasteiger partial charge >= 0.3 is 195 Å². The van der Waals surface area contributed by atoms with Crippen LogP contribution in [0.15, 0.2) is 46.8 Å². The minimum atomic E-state index is -1.06. The van der Waals surface area contributed by atoms with Crippen molar-refractivity contribution in [2.45, 2.75) is 109 Å². The second-order valence-electron chi connectivity index (χ2n) is 11.1. The molecule has 2 fully saturated rings. The summed E-state index contributed by atoms with van der Waals surface area (Å²) >= 11 is -0.688. The third-order valence-corrected chi connectivity index (χ3v) is 22.9. The molecule has 0 bridgehead atoms. The van der Waals surface area contributed by atoms with E-state index >= 15 is 0 Å². The summed E-state index contributed by atoms with van der Waals surface area (Å²) in [5, 5.41) is 3.69. The molecule has 2 aliphatic heterocycles. The van der Waals surface area contributed by atoms with Crippen LogP contribution in [0, 0.1) is 0 Å². The molecule has 0 radical (unpaired) electrons. The number of hydrogen-bond donors (Lipinski definition) is 0. The Hall–Kier alpha value is 0.857. The van der Waals surface area contributed by atoms with Gasteiger partial charge in [-0.05, 0) is 0 Å². The summed E-state index contributed by atoms with van der Waals surface area (Å²) in [6, 6.07) is 6.19. The monoisotopic (exact) mass is 570 g/mol. The first-order valence-electron chi connectivity index (χ1n) is 12.5. The molecular formula is C26H42Cl2Si2Zr. The van der Waals surface area contributed by atoms with Crippen LogP contribution < -0.4 is 24.8 Å². The van der Waals surface area contributed by atoms with E-state index in [1.54, 1.807) is 24.2 Å². The summed E-state index contributed by atoms with van der Waals surface area (Å²) in [5.41, 5.74) is 0. The molecule has 0 spiro atoms. The smallest absolute Gasteiger partial charge is 1.00 e. The van der Waals surface area contributed by atoms with Gasteiger partial charge in [-0.15, -0.1) is 0 Å². The molecule has 0 aromatic heterocycles. The average Bonchev–Trinajstić information content (AvgIpc) is 3.27. The number of hydrogen-bond acceptors (Lipinski definition) is 0. The van der Waals surface area contributed by atoms with E-state index < -0.39 is 39.4 Å². The van der Waals surface area contributed by atoms with Crippen LogP contribution in [0.4, 0.5) is 0 Å². The molecule has 0 amide bonds. The van der Waals surface area contributed by atoms with E-state index in [0.717, 1.165) is 0 Å². The van der Waals surface area contributed by atoms with E-state index in [0.29, 0.717) is 6.25 Å². The van der Waals surface area contributed by atoms with E-state index in [-0.39, 0.29) is 24.8 Å². The molecule has 0 aromatic rings. The first kappa shape index (κ1) is 28.1. The van der Waals surface area contributed by atoms with E-state index in [1.165, 1.54) is 51.4 Å². The van der Waals surface area contributed by atoms with Crippen LogP contribution in [0.2, 0.25) is 43.5 Å². The van der Waals surface area contributed by atoms with Crippen LogP contribution in [0.1, 0.15) is 65.2 Å². The van der Waals surface area contributed by atoms with E-state index in [2.05, 4.69) is 63.4 Å². The number of unbranched alkanes of at least 4 members (excludes halogenated alkanes) is 2. The molecule has 5 heteroatoms. The molecule has 4 aliphatic rings. The number of halogens is 2. The van der Waals surface area contributed by atoms with Gasteiger partial charge in [-0.1, -0.05) is 0 Å². The fraction of sp³-hybridized carbons (Fsp3) is 0.692. The molecule has 0 nitrogen and oxygen atoms in total. The molecule has 2 aliphatic carbocycles. The predicted molar refractivity (Wildman–Crippen MR) is 131 cm³/mol. The minimum Gasteiger partial charge on any atom is -1.00 e. The van der Waals surface area contributed by atoms with Crippen molar-refractivity contribution in [1.29, 1.82) is 0 Å². The standard InChI is InChI=1S/2C13H21Si.2ClH.Zr/c2*1-3-4-6-12-7-8-13(11-12)14(2)9-5-10-14;;;/h2*7-8,11H,3-6,9-10H2,1-2H3;2*1H;/q;;;;+2/p-2. The zero-order chi connectivity index (χ0) is 20.6. The number of rotatable bonds is 10. The van der Waals surface area contributed by atoms with E-state index in [1.807, 2.05) is 10.4 Å². The zero-order valence-corrected chi connectivity index (χ0v) is 26.2. The number of allylic oxidation sites excluding steroid dienone is 8. The molecule has 2 saturated heterocycles. The third kappa shape index (κ3) is 5.75. The summed E-state index contributed by atoms with van der Waals surface area (Å²) in [7, 11) is -2.12. The molecule has 0 saturated carbocycles. The molecular weight excluding hydrogens is 531 g/mol. The van der Waals surface area contributed by atoms with Gasteiger partial charge < -0.3 is 24.8 Å². The van der Waals surface area contributed by atoms with Crippen molar-refractivity contribution in [1.82, 2.24) is 0 Å². The zero-order valence-electron chi connectivity index (χ0n) is 20.2. The molecule has 2 heterocycles. The van der Waals surface area contributed by atoms with Gasteiger partial charge in [0.05, 0.1) is 0 Å². The summed E-state index contributed by atoms with van der Waals surface area (Å²) in [6.07, 6.45) is 27.9. The summed E-state index contributed by atoms with van der Waals surface area (Å²) in [4.78, 5) is 0. The second-order valence-corrected chi connectivity index (χ2v) is 25.7. The van der Waals surface area contributed by atoms with Crippen LogP contribution in [-0.4, -0.2) is 16.1 Å². The van der Waals surface area contributed by atoms with Crippen molar-refractivity contribution in [3.05, 3.63) is 46.8 Å². The molecule has 2 unspecified atom stereocenters. The molecule has 2 atom stereocenters. The van der Waals surface area contributed by atoms with Crippen LogP contribution in [-0.2, 0) is 23.2 Å². The Morgan fingerprint density at radius 1 is 0.742 bits per heavy atom. The van der Waals surface area contributed by atoms with Crippen molar-refractivity contribution in [2.24, 2.45) is 0 Å². The Balaban J connectivity index is 0.00000171. The second kappa shape index (κ2) is 11.1. The van der Waals surface area contributed by atoms with E-state index in [9.17, 15) is 0 Å². The maximum Gasteiger partial charge on any atom is -1.00 e. The Bertz CT molecular complexity index is 687. The third-order valence-electron chi connectivity index (χ3n) is 8.61. The molecule has 4 rings (SSSR count). The van der Waals surface area contributed by atoms with Gasteiger partial charge in [-0.2, -0.15) is 0 Å². The predicted octanol–water partition coefficient (Wildman–Crippen LogP) is 2.81. The van der Waals surface area contributed by atoms with Gasteiger partial charge in [0.15, 0.2) is 0 Å². The molecule has 0 N–H and O–H groups in total. The average molecular weight is 573 g/mol. The minimum absolute atomic E-state index is 0. The summed E-state index contributed by atoms with van der Waals surface area (Å²) < 4.78 is 0.985. The van der Waals surface area contributed by atoms with Crippen molar-refractivity contribution < 1.29 is 48.0 Å². The summed E-state index contributed by atoms with van der Waals surface area (Å²) in [5.74, 6) is 0. The van der Waals surface area contributed by atoms with Crippen LogP contribution >= 0.6 is 0 Å². The van der Waals surface area contributed by atoms with Crippen molar-refractivity contribution >= 4 is 16.1 Å². The Morgan fingerprint density at radius 2 is 1.13 bits per heavy atom. The molecule has 172 valence electrons. The fourth-order valence-corrected chi connectivity index (χ4v) is 18.4. The Kier molecular flexibility index (Phi) is 10.0. The Morgan fingerprint density at radius 3 is 1.42 bits per heavy atom. The molecule has 31 heavy (non-hydrogen) atoms. The maximum absolute atomic E-state index is 2.88. The SMILES string of the molecule is CCCC[C]1([Zr+2][C]2(CCCC)C=CC([Si]3(C)CCC3)=C2)C=CC([Si]2(C)CCC2)=C1.[Cl-].[Cl-]. The summed E-state index contributed by atoms with van der Waals surface area (Å²) in [6.45, 7) is 10.1. The quantitative estimate of drug-likeness (QED) is 0.354. The van der Waals surface area contributed by atoms with Gasteiger partial charge in [0.2, 0.25) is 0 Å². The van der Waals surface area contributed by atoms with Crippen molar-refractivity contribution in [2.75, 3.05) is 0 Å².